The van der Waals surface area contributed by atoms with Crippen molar-refractivity contribution in [3.05, 3.63) is 0 Å². The molecular weight excluding hydrogens is 392 g/mol. The Morgan fingerprint density at radius 1 is 0.931 bits per heavy atom. The van der Waals surface area contributed by atoms with Gasteiger partial charge in [-0.15, -0.1) is 0 Å². The molecule has 2 aliphatic rings. The predicted molar refractivity (Wildman–Crippen MR) is 116 cm³/mol. The third kappa shape index (κ3) is 12.1. The average molecular weight is 434 g/mol. The fraction of sp³-hybridized carbons (Fsp3) is 0.857. The number of aliphatic carboxylic acids is 2. The van der Waals surface area contributed by atoms with Gasteiger partial charge in [-0.05, 0) is 25.7 Å². The minimum atomic E-state index is -2.91. The summed E-state index contributed by atoms with van der Waals surface area (Å²) >= 11 is 1.02. The number of nitrogens with one attached hydrogen (secondary N) is 2. The summed E-state index contributed by atoms with van der Waals surface area (Å²) in [6.07, 6.45) is 14.6. The maximum atomic E-state index is 11.1. The molecule has 0 saturated heterocycles. The maximum Gasteiger partial charge on any atom is 0.327 e. The van der Waals surface area contributed by atoms with E-state index in [2.05, 4.69) is 5.32 Å². The van der Waals surface area contributed by atoms with Gasteiger partial charge in [0.15, 0.2) is 0 Å². The minimum Gasteiger partial charge on any atom is -0.481 e. The lowest BCUT2D eigenvalue weighted by atomic mass is 9.91. The smallest absolute Gasteiger partial charge is 0.327 e. The Labute approximate surface area is 183 Å². The van der Waals surface area contributed by atoms with E-state index in [1.807, 2.05) is 5.32 Å². The molecule has 2 fully saturated rings. The quantitative estimate of drug-likeness (QED) is 0.441. The van der Waals surface area contributed by atoms with E-state index in [0.29, 0.717) is 0 Å². The molecule has 7 nitrogen and oxygen atoms in total. The number of carboxylic acids is 2. The second-order valence-electron chi connectivity index (χ2n) is 7.98. The summed E-state index contributed by atoms with van der Waals surface area (Å²) < 4.78 is 20.5. The van der Waals surface area contributed by atoms with Crippen LogP contribution in [0, 0.1) is 5.92 Å². The molecule has 0 aromatic heterocycles. The van der Waals surface area contributed by atoms with Gasteiger partial charge in [-0.2, -0.15) is 11.8 Å². The molecule has 2 aliphatic carbocycles. The number of hydrogen-bond acceptors (Lipinski definition) is 5. The molecule has 2 rings (SSSR count). The van der Waals surface area contributed by atoms with E-state index in [1.165, 1.54) is 71.1 Å². The number of hydrogen-bond donors (Lipinski definition) is 4. The molecule has 0 spiro atoms. The Morgan fingerprint density at radius 2 is 1.45 bits per heavy atom. The van der Waals surface area contributed by atoms with Crippen LogP contribution in [-0.4, -0.2) is 57.7 Å². The predicted octanol–water partition coefficient (Wildman–Crippen LogP) is 3.27. The molecule has 2 saturated carbocycles. The van der Waals surface area contributed by atoms with E-state index in [9.17, 15) is 14.4 Å². The number of rotatable bonds is 9. The molecule has 8 heteroatoms. The summed E-state index contributed by atoms with van der Waals surface area (Å²) in [4.78, 5) is 32.5. The number of thioether (sulfide) groups is 1. The van der Waals surface area contributed by atoms with Crippen molar-refractivity contribution in [3.63, 3.8) is 0 Å². The molecule has 0 bridgehead atoms. The van der Waals surface area contributed by atoms with Crippen molar-refractivity contribution < 1.29 is 28.7 Å². The SMILES string of the molecule is C1CCC(NC2CCCCC2)CC1.[2H]C([2H])([2H])C(=O)N[C@H](CSCC(C)C(=O)O)C(=O)O. The topological polar surface area (TPSA) is 116 Å². The van der Waals surface area contributed by atoms with Gasteiger partial charge < -0.3 is 20.8 Å². The van der Waals surface area contributed by atoms with Crippen molar-refractivity contribution >= 4 is 29.6 Å². The third-order valence-electron chi connectivity index (χ3n) is 5.36. The molecule has 2 atom stereocenters. The summed E-state index contributed by atoms with van der Waals surface area (Å²) in [5, 5.41) is 23.2. The lowest BCUT2D eigenvalue weighted by molar-refractivity contribution is -0.141. The Morgan fingerprint density at radius 3 is 1.86 bits per heavy atom. The van der Waals surface area contributed by atoms with Crippen molar-refractivity contribution in [1.82, 2.24) is 10.6 Å². The zero-order valence-electron chi connectivity index (χ0n) is 20.3. The second kappa shape index (κ2) is 14.7. The van der Waals surface area contributed by atoms with E-state index < -0.39 is 36.7 Å². The molecule has 4 N–H and O–H groups in total. The monoisotopic (exact) mass is 433 g/mol. The van der Waals surface area contributed by atoms with E-state index >= 15 is 0 Å². The van der Waals surface area contributed by atoms with Crippen LogP contribution in [0.3, 0.4) is 0 Å². The van der Waals surface area contributed by atoms with E-state index in [4.69, 9.17) is 14.3 Å². The van der Waals surface area contributed by atoms with Gasteiger partial charge in [0.05, 0.1) is 5.92 Å². The van der Waals surface area contributed by atoms with Crippen LogP contribution in [0.5, 0.6) is 0 Å². The van der Waals surface area contributed by atoms with Crippen LogP contribution in [0.2, 0.25) is 0 Å². The lowest BCUT2D eigenvalue weighted by Gasteiger charge is -2.30. The second-order valence-corrected chi connectivity index (χ2v) is 9.05. The summed E-state index contributed by atoms with van der Waals surface area (Å²) in [6, 6.07) is 0.382. The molecule has 0 heterocycles. The highest BCUT2D eigenvalue weighted by molar-refractivity contribution is 7.99. The first kappa shape index (κ1) is 21.0. The van der Waals surface area contributed by atoms with Gasteiger partial charge in [-0.3, -0.25) is 9.59 Å². The van der Waals surface area contributed by atoms with E-state index in [1.54, 1.807) is 0 Å². The Kier molecular flexibility index (Phi) is 10.6. The maximum absolute atomic E-state index is 11.1. The van der Waals surface area contributed by atoms with Crippen LogP contribution >= 0.6 is 11.8 Å². The number of carboxylic acid groups (broad SMARTS) is 2. The van der Waals surface area contributed by atoms with Crippen LogP contribution in [0.1, 0.15) is 82.1 Å². The lowest BCUT2D eigenvalue weighted by Crippen LogP contribution is -2.41. The highest BCUT2D eigenvalue weighted by Crippen LogP contribution is 2.22. The van der Waals surface area contributed by atoms with E-state index in [-0.39, 0.29) is 11.5 Å². The molecule has 0 aliphatic heterocycles. The van der Waals surface area contributed by atoms with Crippen LogP contribution in [0.25, 0.3) is 0 Å². The highest BCUT2D eigenvalue weighted by atomic mass is 32.2. The zero-order chi connectivity index (χ0) is 24.1. The van der Waals surface area contributed by atoms with Gasteiger partial charge in [0.2, 0.25) is 5.91 Å². The summed E-state index contributed by atoms with van der Waals surface area (Å²) in [5.41, 5.74) is 0. The van der Waals surface area contributed by atoms with Crippen LogP contribution in [0.4, 0.5) is 0 Å². The molecule has 0 aromatic rings. The summed E-state index contributed by atoms with van der Waals surface area (Å²) in [5.74, 6) is -4.30. The van der Waals surface area contributed by atoms with Gasteiger partial charge in [0.1, 0.15) is 6.04 Å². The minimum absolute atomic E-state index is 0.102. The van der Waals surface area contributed by atoms with Crippen molar-refractivity contribution in [3.8, 4) is 0 Å². The van der Waals surface area contributed by atoms with Crippen LogP contribution in [0.15, 0.2) is 0 Å². The molecule has 168 valence electrons. The van der Waals surface area contributed by atoms with Crippen molar-refractivity contribution in [1.29, 1.82) is 0 Å². The number of carbonyl (C=O) groups excluding carboxylic acids is 1. The number of carbonyl (C=O) groups is 3. The largest absolute Gasteiger partial charge is 0.481 e. The van der Waals surface area contributed by atoms with Crippen LogP contribution < -0.4 is 10.6 Å². The normalized spacial score (nSPS) is 22.0. The fourth-order valence-corrected chi connectivity index (χ4v) is 4.73. The van der Waals surface area contributed by atoms with Gasteiger partial charge >= 0.3 is 11.9 Å². The average Bonchev–Trinajstić information content (AvgIpc) is 2.73. The standard InChI is InChI=1S/C12H23N.C9H15NO5S/c1-3-7-11(8-4-1)13-12-9-5-2-6-10-12;1-5(8(12)13)3-16-4-7(9(14)15)10-6(2)11/h11-13H,1-10H2;5,7H,3-4H2,1-2H3,(H,10,11)(H,12,13)(H,14,15)/t;5?,7-/m.1/s1/i;2D3. The highest BCUT2D eigenvalue weighted by Gasteiger charge is 2.20. The Hall–Kier alpha value is -1.28. The summed E-state index contributed by atoms with van der Waals surface area (Å²) in [7, 11) is 0. The molecule has 0 radical (unpaired) electrons. The Bertz CT molecular complexity index is 578. The van der Waals surface area contributed by atoms with Gasteiger partial charge in [-0.1, -0.05) is 45.4 Å². The molecule has 1 amide bonds. The van der Waals surface area contributed by atoms with Gasteiger partial charge in [0, 0.05) is 34.6 Å². The fourth-order valence-electron chi connectivity index (χ4n) is 3.64. The first-order valence-electron chi connectivity index (χ1n) is 12.1. The third-order valence-corrected chi connectivity index (χ3v) is 6.66. The Balaban J connectivity index is 0.000000339. The van der Waals surface area contributed by atoms with E-state index in [0.717, 1.165) is 23.8 Å². The van der Waals surface area contributed by atoms with Crippen molar-refractivity contribution in [2.75, 3.05) is 11.5 Å². The van der Waals surface area contributed by atoms with Crippen molar-refractivity contribution in [2.24, 2.45) is 5.92 Å². The zero-order valence-corrected chi connectivity index (χ0v) is 18.1. The van der Waals surface area contributed by atoms with Crippen molar-refractivity contribution in [2.45, 2.75) is 96.1 Å². The first-order valence-corrected chi connectivity index (χ1v) is 11.8. The molecule has 0 aromatic carbocycles. The van der Waals surface area contributed by atoms with Gasteiger partial charge in [0.25, 0.3) is 0 Å². The molecular formula is C21H38N2O5S. The number of amides is 1. The summed E-state index contributed by atoms with van der Waals surface area (Å²) in [6.45, 7) is -1.45. The first-order chi connectivity index (χ1) is 15.0. The molecule has 29 heavy (non-hydrogen) atoms. The van der Waals surface area contributed by atoms with Gasteiger partial charge in [-0.25, -0.2) is 4.79 Å². The van der Waals surface area contributed by atoms with Crippen LogP contribution in [-0.2, 0) is 14.4 Å². The molecule has 1 unspecified atom stereocenters.